The summed E-state index contributed by atoms with van der Waals surface area (Å²) in [6.07, 6.45) is -0.218. The molecule has 0 radical (unpaired) electrons. The fraction of sp³-hybridized carbons (Fsp3) is 0.316. The molecule has 1 amide bonds. The van der Waals surface area contributed by atoms with Crippen LogP contribution in [0.2, 0.25) is 0 Å². The smallest absolute Gasteiger partial charge is 0.254 e. The van der Waals surface area contributed by atoms with Crippen molar-refractivity contribution in [3.05, 3.63) is 71.0 Å². The van der Waals surface area contributed by atoms with Crippen LogP contribution < -0.4 is 0 Å². The van der Waals surface area contributed by atoms with Gasteiger partial charge >= 0.3 is 0 Å². The van der Waals surface area contributed by atoms with Gasteiger partial charge in [0.1, 0.15) is 11.9 Å². The number of hydrogen-bond acceptors (Lipinski definition) is 2. The number of aryl methyl sites for hydroxylation is 1. The van der Waals surface area contributed by atoms with E-state index >= 15 is 0 Å². The van der Waals surface area contributed by atoms with Gasteiger partial charge in [0.2, 0.25) is 0 Å². The minimum Gasteiger partial charge on any atom is -0.367 e. The van der Waals surface area contributed by atoms with Crippen LogP contribution in [-0.2, 0) is 4.74 Å². The van der Waals surface area contributed by atoms with Crippen molar-refractivity contribution in [1.29, 1.82) is 0 Å². The van der Waals surface area contributed by atoms with Crippen LogP contribution in [0.3, 0.4) is 0 Å². The van der Waals surface area contributed by atoms with E-state index in [0.29, 0.717) is 18.7 Å². The maximum Gasteiger partial charge on any atom is 0.254 e. The van der Waals surface area contributed by atoms with Crippen molar-refractivity contribution in [3.63, 3.8) is 0 Å². The predicted octanol–water partition coefficient (Wildman–Crippen LogP) is 3.74. The summed E-state index contributed by atoms with van der Waals surface area (Å²) in [5.74, 6) is -0.552. The highest BCUT2D eigenvalue weighted by atomic mass is 19.1. The number of carbonyl (C=O) groups is 1. The number of rotatable bonds is 2. The van der Waals surface area contributed by atoms with Crippen molar-refractivity contribution in [3.8, 4) is 0 Å². The molecule has 1 heterocycles. The first-order valence-electron chi connectivity index (χ1n) is 7.80. The highest BCUT2D eigenvalue weighted by Crippen LogP contribution is 2.26. The second kappa shape index (κ2) is 6.50. The lowest BCUT2D eigenvalue weighted by molar-refractivity contribution is -0.0691. The number of ether oxygens (including phenoxy) is 1. The lowest BCUT2D eigenvalue weighted by Gasteiger charge is -2.37. The third kappa shape index (κ3) is 3.59. The molecule has 3 rings (SSSR count). The van der Waals surface area contributed by atoms with Crippen LogP contribution in [0.4, 0.5) is 4.39 Å². The Morgan fingerprint density at radius 1 is 1.17 bits per heavy atom. The van der Waals surface area contributed by atoms with E-state index in [1.165, 1.54) is 17.7 Å². The number of carbonyl (C=O) groups excluding carboxylic acids is 1. The van der Waals surface area contributed by atoms with Crippen molar-refractivity contribution in [2.75, 3.05) is 13.1 Å². The van der Waals surface area contributed by atoms with Crippen LogP contribution in [0.5, 0.6) is 0 Å². The van der Waals surface area contributed by atoms with Crippen LogP contribution in [0.25, 0.3) is 0 Å². The first kappa shape index (κ1) is 15.7. The lowest BCUT2D eigenvalue weighted by atomic mass is 10.0. The van der Waals surface area contributed by atoms with E-state index in [0.717, 1.165) is 5.56 Å². The molecule has 4 heteroatoms. The van der Waals surface area contributed by atoms with Gasteiger partial charge in [-0.15, -0.1) is 0 Å². The molecule has 1 aliphatic rings. The van der Waals surface area contributed by atoms with Crippen LogP contribution in [-0.4, -0.2) is 30.0 Å². The monoisotopic (exact) mass is 313 g/mol. The Balaban J connectivity index is 1.80. The molecule has 0 saturated carbocycles. The number of benzene rings is 2. The van der Waals surface area contributed by atoms with E-state index in [1.807, 2.05) is 38.1 Å². The first-order chi connectivity index (χ1) is 11.0. The Hall–Kier alpha value is -2.20. The summed E-state index contributed by atoms with van der Waals surface area (Å²) < 4.78 is 19.3. The molecule has 1 saturated heterocycles. The SMILES string of the molecule is Cc1ccc(C2CN(C(=O)c3cccc(F)c3)CC(C)O2)cc1. The average Bonchev–Trinajstić information content (AvgIpc) is 2.54. The number of hydrogen-bond donors (Lipinski definition) is 0. The molecule has 0 spiro atoms. The Morgan fingerprint density at radius 2 is 1.91 bits per heavy atom. The second-order valence-electron chi connectivity index (χ2n) is 6.07. The quantitative estimate of drug-likeness (QED) is 0.845. The molecule has 1 aliphatic heterocycles. The van der Waals surface area contributed by atoms with E-state index in [9.17, 15) is 9.18 Å². The summed E-state index contributed by atoms with van der Waals surface area (Å²) in [6, 6.07) is 14.0. The topological polar surface area (TPSA) is 29.5 Å². The Bertz CT molecular complexity index is 699. The highest BCUT2D eigenvalue weighted by Gasteiger charge is 2.30. The number of amides is 1. The van der Waals surface area contributed by atoms with E-state index < -0.39 is 5.82 Å². The summed E-state index contributed by atoms with van der Waals surface area (Å²) in [5, 5.41) is 0. The number of morpholine rings is 1. The number of halogens is 1. The highest BCUT2D eigenvalue weighted by molar-refractivity contribution is 5.94. The zero-order valence-electron chi connectivity index (χ0n) is 13.3. The largest absolute Gasteiger partial charge is 0.367 e. The van der Waals surface area contributed by atoms with E-state index in [1.54, 1.807) is 17.0 Å². The van der Waals surface area contributed by atoms with Gasteiger partial charge in [0.15, 0.2) is 0 Å². The summed E-state index contributed by atoms with van der Waals surface area (Å²) >= 11 is 0. The molecular formula is C19H20FNO2. The van der Waals surface area contributed by atoms with Gasteiger partial charge in [-0.25, -0.2) is 4.39 Å². The Labute approximate surface area is 135 Å². The van der Waals surface area contributed by atoms with Gasteiger partial charge in [0, 0.05) is 12.1 Å². The summed E-state index contributed by atoms with van der Waals surface area (Å²) in [6.45, 7) is 4.97. The summed E-state index contributed by atoms with van der Waals surface area (Å²) in [4.78, 5) is 14.4. The predicted molar refractivity (Wildman–Crippen MR) is 86.8 cm³/mol. The van der Waals surface area contributed by atoms with Crippen molar-refractivity contribution < 1.29 is 13.9 Å². The minimum absolute atomic E-state index is 0.0624. The van der Waals surface area contributed by atoms with E-state index in [-0.39, 0.29) is 18.1 Å². The third-order valence-corrected chi connectivity index (χ3v) is 4.07. The van der Waals surface area contributed by atoms with Gasteiger partial charge in [-0.3, -0.25) is 4.79 Å². The minimum atomic E-state index is -0.396. The van der Waals surface area contributed by atoms with Crippen molar-refractivity contribution >= 4 is 5.91 Å². The first-order valence-corrected chi connectivity index (χ1v) is 7.80. The summed E-state index contributed by atoms with van der Waals surface area (Å²) in [7, 11) is 0. The standard InChI is InChI=1S/C19H20FNO2/c1-13-6-8-15(9-7-13)18-12-21(11-14(2)23-18)19(22)16-4-3-5-17(20)10-16/h3-10,14,18H,11-12H2,1-2H3. The molecule has 0 aromatic heterocycles. The van der Waals surface area contributed by atoms with Crippen LogP contribution in [0.1, 0.15) is 34.5 Å². The molecule has 2 unspecified atom stereocenters. The van der Waals surface area contributed by atoms with Gasteiger partial charge in [-0.2, -0.15) is 0 Å². The maximum atomic E-state index is 13.4. The summed E-state index contributed by atoms with van der Waals surface area (Å²) in [5.41, 5.74) is 2.62. The van der Waals surface area contributed by atoms with Gasteiger partial charge < -0.3 is 9.64 Å². The van der Waals surface area contributed by atoms with Crippen molar-refractivity contribution in [2.24, 2.45) is 0 Å². The molecule has 2 aromatic carbocycles. The molecule has 2 aromatic rings. The zero-order valence-corrected chi connectivity index (χ0v) is 13.3. The normalized spacial score (nSPS) is 21.3. The molecule has 120 valence electrons. The second-order valence-corrected chi connectivity index (χ2v) is 6.07. The molecule has 23 heavy (non-hydrogen) atoms. The van der Waals surface area contributed by atoms with E-state index in [4.69, 9.17) is 4.74 Å². The molecule has 2 atom stereocenters. The van der Waals surface area contributed by atoms with Crippen molar-refractivity contribution in [2.45, 2.75) is 26.1 Å². The van der Waals surface area contributed by atoms with Crippen LogP contribution >= 0.6 is 0 Å². The number of nitrogens with zero attached hydrogens (tertiary/aromatic N) is 1. The van der Waals surface area contributed by atoms with Crippen molar-refractivity contribution in [1.82, 2.24) is 4.90 Å². The third-order valence-electron chi connectivity index (χ3n) is 4.07. The maximum absolute atomic E-state index is 13.4. The van der Waals surface area contributed by atoms with E-state index in [2.05, 4.69) is 0 Å². The fourth-order valence-corrected chi connectivity index (χ4v) is 2.89. The molecule has 0 aliphatic carbocycles. The van der Waals surface area contributed by atoms with Gasteiger partial charge in [-0.05, 0) is 37.6 Å². The molecule has 0 N–H and O–H groups in total. The van der Waals surface area contributed by atoms with Crippen LogP contribution in [0, 0.1) is 12.7 Å². The van der Waals surface area contributed by atoms with Gasteiger partial charge in [0.25, 0.3) is 5.91 Å². The Kier molecular flexibility index (Phi) is 4.44. The Morgan fingerprint density at radius 3 is 2.61 bits per heavy atom. The molecular weight excluding hydrogens is 293 g/mol. The fourth-order valence-electron chi connectivity index (χ4n) is 2.89. The van der Waals surface area contributed by atoms with Gasteiger partial charge in [-0.1, -0.05) is 35.9 Å². The molecule has 3 nitrogen and oxygen atoms in total. The lowest BCUT2D eigenvalue weighted by Crippen LogP contribution is -2.46. The average molecular weight is 313 g/mol. The zero-order chi connectivity index (χ0) is 16.4. The molecule has 0 bridgehead atoms. The van der Waals surface area contributed by atoms with Gasteiger partial charge in [0.05, 0.1) is 12.6 Å². The molecule has 1 fully saturated rings. The van der Waals surface area contributed by atoms with Crippen LogP contribution in [0.15, 0.2) is 48.5 Å².